The maximum atomic E-state index is 11.9. The largest absolute Gasteiger partial charge is 0.469 e. The highest BCUT2D eigenvalue weighted by molar-refractivity contribution is 5.80. The second-order valence-corrected chi connectivity index (χ2v) is 5.08. The minimum absolute atomic E-state index is 0.0868. The van der Waals surface area contributed by atoms with Crippen LogP contribution >= 0.6 is 0 Å². The summed E-state index contributed by atoms with van der Waals surface area (Å²) in [5, 5.41) is 10.6. The van der Waals surface area contributed by atoms with Crippen molar-refractivity contribution in [3.8, 4) is 0 Å². The van der Waals surface area contributed by atoms with Gasteiger partial charge in [0.2, 0.25) is 0 Å². The van der Waals surface area contributed by atoms with Crippen LogP contribution in [0.4, 0.5) is 0 Å². The van der Waals surface area contributed by atoms with E-state index in [0.29, 0.717) is 25.7 Å². The van der Waals surface area contributed by atoms with Crippen molar-refractivity contribution < 1.29 is 19.4 Å². The molecule has 4 nitrogen and oxygen atoms in total. The first-order chi connectivity index (χ1) is 7.58. The number of ether oxygens (including phenoxy) is 2. The van der Waals surface area contributed by atoms with Gasteiger partial charge in [-0.3, -0.25) is 4.79 Å². The molecule has 1 N–H and O–H groups in total. The summed E-state index contributed by atoms with van der Waals surface area (Å²) < 4.78 is 10.1. The molecule has 0 unspecified atom stereocenters. The van der Waals surface area contributed by atoms with E-state index in [2.05, 4.69) is 0 Å². The van der Waals surface area contributed by atoms with Gasteiger partial charge in [-0.15, -0.1) is 0 Å². The molecule has 0 atom stereocenters. The fourth-order valence-electron chi connectivity index (χ4n) is 3.25. The lowest BCUT2D eigenvalue weighted by Crippen LogP contribution is -2.61. The summed E-state index contributed by atoms with van der Waals surface area (Å²) in [5.41, 5.74) is -1.58. The number of carbonyl (C=O) groups excluding carboxylic acids is 1. The van der Waals surface area contributed by atoms with E-state index < -0.39 is 11.0 Å². The topological polar surface area (TPSA) is 55.8 Å². The van der Waals surface area contributed by atoms with Crippen molar-refractivity contribution in [2.24, 2.45) is 5.41 Å². The van der Waals surface area contributed by atoms with Crippen LogP contribution in [0.5, 0.6) is 0 Å². The highest BCUT2D eigenvalue weighted by Gasteiger charge is 2.64. The van der Waals surface area contributed by atoms with E-state index in [1.165, 1.54) is 7.11 Å². The van der Waals surface area contributed by atoms with Crippen LogP contribution in [0.3, 0.4) is 0 Å². The molecule has 0 aromatic carbocycles. The van der Waals surface area contributed by atoms with E-state index in [0.717, 1.165) is 12.8 Å². The van der Waals surface area contributed by atoms with Crippen molar-refractivity contribution >= 4 is 5.97 Å². The molecule has 0 aliphatic heterocycles. The minimum atomic E-state index is -0.866. The third kappa shape index (κ3) is 1.47. The lowest BCUT2D eigenvalue weighted by atomic mass is 9.56. The number of hydrogen-bond donors (Lipinski definition) is 1. The molecule has 0 saturated heterocycles. The number of hydrogen-bond acceptors (Lipinski definition) is 4. The molecule has 2 rings (SSSR count). The van der Waals surface area contributed by atoms with Gasteiger partial charge in [-0.05, 0) is 25.7 Å². The Labute approximate surface area is 95.9 Å². The summed E-state index contributed by atoms with van der Waals surface area (Å²) in [4.78, 5) is 11.9. The van der Waals surface area contributed by atoms with Crippen LogP contribution in [0.15, 0.2) is 0 Å². The summed E-state index contributed by atoms with van der Waals surface area (Å²) in [6.07, 6.45) is 4.67. The van der Waals surface area contributed by atoms with Crippen molar-refractivity contribution in [3.05, 3.63) is 0 Å². The third-order valence-corrected chi connectivity index (χ3v) is 4.38. The molecule has 0 radical (unpaired) electrons. The first kappa shape index (κ1) is 11.9. The molecule has 0 bridgehead atoms. The third-order valence-electron chi connectivity index (χ3n) is 4.38. The van der Waals surface area contributed by atoms with E-state index in [1.54, 1.807) is 7.11 Å². The molecular formula is C12H20O4. The van der Waals surface area contributed by atoms with Crippen molar-refractivity contribution in [2.75, 3.05) is 14.2 Å². The molecular weight excluding hydrogens is 208 g/mol. The van der Waals surface area contributed by atoms with E-state index in [4.69, 9.17) is 9.47 Å². The Hall–Kier alpha value is -0.610. The molecule has 16 heavy (non-hydrogen) atoms. The zero-order valence-electron chi connectivity index (χ0n) is 9.99. The zero-order chi connectivity index (χ0) is 11.8. The summed E-state index contributed by atoms with van der Waals surface area (Å²) in [6.45, 7) is 0. The van der Waals surface area contributed by atoms with Crippen molar-refractivity contribution in [3.63, 3.8) is 0 Å². The van der Waals surface area contributed by atoms with Gasteiger partial charge in [0.15, 0.2) is 0 Å². The van der Waals surface area contributed by atoms with Crippen LogP contribution in [-0.2, 0) is 14.3 Å². The van der Waals surface area contributed by atoms with Gasteiger partial charge in [0.25, 0.3) is 0 Å². The SMILES string of the molecule is COC(=O)C1(C2(O)CCCC2)CC(OC)C1. The van der Waals surface area contributed by atoms with Crippen LogP contribution in [0.25, 0.3) is 0 Å². The molecule has 2 aliphatic carbocycles. The molecule has 2 aliphatic rings. The Bertz CT molecular complexity index is 275. The summed E-state index contributed by atoms with van der Waals surface area (Å²) in [7, 11) is 3.03. The monoisotopic (exact) mass is 228 g/mol. The van der Waals surface area contributed by atoms with Gasteiger partial charge in [0, 0.05) is 7.11 Å². The van der Waals surface area contributed by atoms with Crippen LogP contribution in [0, 0.1) is 5.41 Å². The van der Waals surface area contributed by atoms with Crippen LogP contribution in [-0.4, -0.2) is 37.0 Å². The first-order valence-electron chi connectivity index (χ1n) is 5.91. The number of methoxy groups -OCH3 is 2. The number of esters is 1. The predicted octanol–water partition coefficient (Wildman–Crippen LogP) is 1.26. The minimum Gasteiger partial charge on any atom is -0.469 e. The average Bonchev–Trinajstić information content (AvgIpc) is 2.64. The van der Waals surface area contributed by atoms with Crippen LogP contribution < -0.4 is 0 Å². The highest BCUT2D eigenvalue weighted by Crippen LogP contribution is 2.56. The van der Waals surface area contributed by atoms with E-state index in [-0.39, 0.29) is 12.1 Å². The molecule has 0 spiro atoms. The van der Waals surface area contributed by atoms with E-state index in [9.17, 15) is 9.90 Å². The molecule has 0 aromatic rings. The maximum Gasteiger partial charge on any atom is 0.314 e. The number of carbonyl (C=O) groups is 1. The summed E-state index contributed by atoms with van der Waals surface area (Å²) in [5.74, 6) is -0.273. The first-order valence-corrected chi connectivity index (χ1v) is 5.91. The fraction of sp³-hybridized carbons (Fsp3) is 0.917. The standard InChI is InChI=1S/C12H20O4/c1-15-9-7-11(8-9,10(13)16-2)12(14)5-3-4-6-12/h9,14H,3-8H2,1-2H3. The van der Waals surface area contributed by atoms with Crippen molar-refractivity contribution in [1.29, 1.82) is 0 Å². The Morgan fingerprint density at radius 1 is 1.25 bits per heavy atom. The normalized spacial score (nSPS) is 36.8. The quantitative estimate of drug-likeness (QED) is 0.739. The maximum absolute atomic E-state index is 11.9. The Balaban J connectivity index is 2.19. The molecule has 2 fully saturated rings. The Kier molecular flexibility index (Phi) is 2.97. The highest BCUT2D eigenvalue weighted by atomic mass is 16.5. The fourth-order valence-corrected chi connectivity index (χ4v) is 3.25. The van der Waals surface area contributed by atoms with Crippen LogP contribution in [0.2, 0.25) is 0 Å². The van der Waals surface area contributed by atoms with Crippen molar-refractivity contribution in [1.82, 2.24) is 0 Å². The lowest BCUT2D eigenvalue weighted by Gasteiger charge is -2.52. The number of aliphatic hydroxyl groups is 1. The molecule has 2 saturated carbocycles. The average molecular weight is 228 g/mol. The second-order valence-electron chi connectivity index (χ2n) is 5.08. The van der Waals surface area contributed by atoms with Gasteiger partial charge in [0.1, 0.15) is 5.41 Å². The molecule has 0 amide bonds. The van der Waals surface area contributed by atoms with E-state index in [1.807, 2.05) is 0 Å². The summed E-state index contributed by atoms with van der Waals surface area (Å²) >= 11 is 0. The smallest absolute Gasteiger partial charge is 0.314 e. The Morgan fingerprint density at radius 3 is 2.25 bits per heavy atom. The molecule has 92 valence electrons. The van der Waals surface area contributed by atoms with Gasteiger partial charge in [0.05, 0.1) is 18.8 Å². The predicted molar refractivity (Wildman–Crippen MR) is 57.9 cm³/mol. The van der Waals surface area contributed by atoms with Crippen LogP contribution in [0.1, 0.15) is 38.5 Å². The molecule has 0 aromatic heterocycles. The second kappa shape index (κ2) is 4.00. The summed E-state index contributed by atoms with van der Waals surface area (Å²) in [6, 6.07) is 0. The molecule has 4 heteroatoms. The Morgan fingerprint density at radius 2 is 1.81 bits per heavy atom. The lowest BCUT2D eigenvalue weighted by molar-refractivity contribution is -0.207. The van der Waals surface area contributed by atoms with Gasteiger partial charge in [-0.1, -0.05) is 12.8 Å². The van der Waals surface area contributed by atoms with Gasteiger partial charge in [-0.25, -0.2) is 0 Å². The van der Waals surface area contributed by atoms with Crippen molar-refractivity contribution in [2.45, 2.75) is 50.2 Å². The molecule has 0 heterocycles. The van der Waals surface area contributed by atoms with E-state index >= 15 is 0 Å². The van der Waals surface area contributed by atoms with Gasteiger partial charge >= 0.3 is 5.97 Å². The number of rotatable bonds is 3. The van der Waals surface area contributed by atoms with Gasteiger partial charge in [-0.2, -0.15) is 0 Å². The zero-order valence-corrected chi connectivity index (χ0v) is 9.99. The van der Waals surface area contributed by atoms with Gasteiger partial charge < -0.3 is 14.6 Å².